The molecule has 0 aromatic heterocycles. The van der Waals surface area contributed by atoms with Crippen LogP contribution in [0.5, 0.6) is 11.5 Å². The number of amides is 1. The van der Waals surface area contributed by atoms with Gasteiger partial charge in [-0.25, -0.2) is 4.39 Å². The maximum Gasteiger partial charge on any atom is 0.287 e. The Bertz CT molecular complexity index is 1080. The number of benzene rings is 3. The fraction of sp³-hybridized carbons (Fsp3) is 0.240. The summed E-state index contributed by atoms with van der Waals surface area (Å²) in [5.74, 6) is -0.463. The van der Waals surface area contributed by atoms with Crippen molar-refractivity contribution in [1.29, 1.82) is 0 Å². The van der Waals surface area contributed by atoms with E-state index in [1.807, 2.05) is 30.3 Å². The molecule has 3 aromatic carbocycles. The standard InChI is InChI=1S/C25H24FNO4S/c26-17-11-9-16(10-12-17)21(29)7-4-8-23-24(20-14-13-19(28)15-22(20)30)27(25(31)32-23)18-5-2-1-3-6-18/h1-3,5-6,9-15,21,23-24,28-30H,4,7-8H2. The second-order valence-electron chi connectivity index (χ2n) is 7.81. The topological polar surface area (TPSA) is 81.0 Å². The number of carbonyl (C=O) groups excluding carboxylic acids is 1. The Morgan fingerprint density at radius 2 is 1.72 bits per heavy atom. The maximum atomic E-state index is 13.1. The van der Waals surface area contributed by atoms with Crippen LogP contribution >= 0.6 is 11.8 Å². The van der Waals surface area contributed by atoms with Gasteiger partial charge in [0.25, 0.3) is 5.24 Å². The summed E-state index contributed by atoms with van der Waals surface area (Å²) in [6, 6.07) is 19.1. The summed E-state index contributed by atoms with van der Waals surface area (Å²) in [5.41, 5.74) is 1.95. The highest BCUT2D eigenvalue weighted by atomic mass is 32.2. The van der Waals surface area contributed by atoms with Gasteiger partial charge < -0.3 is 15.3 Å². The quantitative estimate of drug-likeness (QED) is 0.413. The van der Waals surface area contributed by atoms with Crippen molar-refractivity contribution in [2.75, 3.05) is 4.90 Å². The van der Waals surface area contributed by atoms with Crippen LogP contribution in [0.15, 0.2) is 72.8 Å². The summed E-state index contributed by atoms with van der Waals surface area (Å²) in [6.45, 7) is 0. The van der Waals surface area contributed by atoms with Crippen molar-refractivity contribution >= 4 is 22.7 Å². The molecule has 32 heavy (non-hydrogen) atoms. The maximum absolute atomic E-state index is 13.1. The Labute approximate surface area is 190 Å². The molecule has 3 atom stereocenters. The fourth-order valence-corrected chi connectivity index (χ4v) is 5.36. The summed E-state index contributed by atoms with van der Waals surface area (Å²) in [7, 11) is 0. The third kappa shape index (κ3) is 4.74. The first-order chi connectivity index (χ1) is 15.4. The second-order valence-corrected chi connectivity index (χ2v) is 9.00. The molecule has 1 saturated heterocycles. The highest BCUT2D eigenvalue weighted by Gasteiger charge is 2.43. The Morgan fingerprint density at radius 3 is 2.41 bits per heavy atom. The van der Waals surface area contributed by atoms with Gasteiger partial charge in [-0.3, -0.25) is 9.69 Å². The molecule has 0 spiro atoms. The lowest BCUT2D eigenvalue weighted by Gasteiger charge is -2.28. The Balaban J connectivity index is 1.54. The van der Waals surface area contributed by atoms with Crippen LogP contribution in [0.25, 0.3) is 0 Å². The van der Waals surface area contributed by atoms with Crippen LogP contribution in [-0.4, -0.2) is 25.8 Å². The number of hydrogen-bond acceptors (Lipinski definition) is 5. The number of rotatable bonds is 7. The molecule has 3 aromatic rings. The Morgan fingerprint density at radius 1 is 1.00 bits per heavy atom. The van der Waals surface area contributed by atoms with Gasteiger partial charge in [0.05, 0.1) is 12.1 Å². The minimum atomic E-state index is -0.719. The molecule has 1 aliphatic rings. The summed E-state index contributed by atoms with van der Waals surface area (Å²) in [5, 5.41) is 30.4. The molecule has 0 bridgehead atoms. The van der Waals surface area contributed by atoms with Crippen molar-refractivity contribution in [2.24, 2.45) is 0 Å². The number of aromatic hydroxyl groups is 2. The zero-order chi connectivity index (χ0) is 22.7. The van der Waals surface area contributed by atoms with Gasteiger partial charge in [0.1, 0.15) is 17.3 Å². The molecule has 0 radical (unpaired) electrons. The first-order valence-electron chi connectivity index (χ1n) is 10.4. The normalized spacial score (nSPS) is 19.3. The SMILES string of the molecule is O=C1SC(CCCC(O)c2ccc(F)cc2)C(c2ccc(O)cc2O)N1c1ccccc1. The van der Waals surface area contributed by atoms with E-state index in [2.05, 4.69) is 0 Å². The zero-order valence-electron chi connectivity index (χ0n) is 17.3. The van der Waals surface area contributed by atoms with Crippen LogP contribution in [0.2, 0.25) is 0 Å². The van der Waals surface area contributed by atoms with E-state index in [0.29, 0.717) is 30.4 Å². The van der Waals surface area contributed by atoms with E-state index in [-0.39, 0.29) is 27.8 Å². The predicted molar refractivity (Wildman–Crippen MR) is 123 cm³/mol. The predicted octanol–water partition coefficient (Wildman–Crippen LogP) is 5.92. The van der Waals surface area contributed by atoms with E-state index in [1.165, 1.54) is 36.0 Å². The Hall–Kier alpha value is -3.03. The number of nitrogens with zero attached hydrogens (tertiary/aromatic N) is 1. The van der Waals surface area contributed by atoms with E-state index < -0.39 is 12.1 Å². The number of para-hydroxylation sites is 1. The van der Waals surface area contributed by atoms with Crippen LogP contribution in [0.3, 0.4) is 0 Å². The molecule has 3 N–H and O–H groups in total. The number of phenolic OH excluding ortho intramolecular Hbond substituents is 2. The van der Waals surface area contributed by atoms with Crippen molar-refractivity contribution < 1.29 is 24.5 Å². The van der Waals surface area contributed by atoms with Crippen molar-refractivity contribution in [1.82, 2.24) is 0 Å². The largest absolute Gasteiger partial charge is 0.508 e. The molecule has 0 aliphatic carbocycles. The molecular weight excluding hydrogens is 429 g/mol. The summed E-state index contributed by atoms with van der Waals surface area (Å²) < 4.78 is 13.1. The number of aliphatic hydroxyl groups is 1. The molecular formula is C25H24FNO4S. The van der Waals surface area contributed by atoms with Gasteiger partial charge in [-0.15, -0.1) is 0 Å². The van der Waals surface area contributed by atoms with E-state index in [0.717, 1.165) is 5.69 Å². The van der Waals surface area contributed by atoms with E-state index in [4.69, 9.17) is 0 Å². The third-order valence-corrected chi connectivity index (χ3v) is 6.86. The number of aliphatic hydroxyl groups excluding tert-OH is 1. The molecule has 1 heterocycles. The number of halogens is 1. The molecule has 1 aliphatic heterocycles. The highest BCUT2D eigenvalue weighted by molar-refractivity contribution is 8.14. The van der Waals surface area contributed by atoms with E-state index in [1.54, 1.807) is 23.1 Å². The summed E-state index contributed by atoms with van der Waals surface area (Å²) in [4.78, 5) is 14.6. The van der Waals surface area contributed by atoms with Gasteiger partial charge in [0, 0.05) is 22.6 Å². The number of phenols is 2. The summed E-state index contributed by atoms with van der Waals surface area (Å²) in [6.07, 6.45) is 1.02. The first kappa shape index (κ1) is 22.2. The van der Waals surface area contributed by atoms with Crippen LogP contribution in [-0.2, 0) is 0 Å². The number of carbonyl (C=O) groups is 1. The molecule has 3 unspecified atom stereocenters. The first-order valence-corrected chi connectivity index (χ1v) is 11.3. The average molecular weight is 454 g/mol. The molecule has 0 saturated carbocycles. The van der Waals surface area contributed by atoms with Gasteiger partial charge in [0.15, 0.2) is 0 Å². The number of hydrogen-bond donors (Lipinski definition) is 3. The minimum absolute atomic E-state index is 0.0477. The lowest BCUT2D eigenvalue weighted by Crippen LogP contribution is -2.29. The second kappa shape index (κ2) is 9.63. The molecule has 7 heteroatoms. The van der Waals surface area contributed by atoms with Gasteiger partial charge >= 0.3 is 0 Å². The van der Waals surface area contributed by atoms with Crippen molar-refractivity contribution in [2.45, 2.75) is 36.7 Å². The van der Waals surface area contributed by atoms with Crippen LogP contribution in [0.1, 0.15) is 42.5 Å². The highest BCUT2D eigenvalue weighted by Crippen LogP contribution is 2.48. The van der Waals surface area contributed by atoms with Gasteiger partial charge in [-0.2, -0.15) is 0 Å². The minimum Gasteiger partial charge on any atom is -0.508 e. The number of thioether (sulfide) groups is 1. The Kier molecular flexibility index (Phi) is 6.67. The number of anilines is 1. The van der Waals surface area contributed by atoms with Crippen LogP contribution in [0, 0.1) is 5.82 Å². The zero-order valence-corrected chi connectivity index (χ0v) is 18.1. The van der Waals surface area contributed by atoms with Gasteiger partial charge in [0.2, 0.25) is 0 Å². The van der Waals surface area contributed by atoms with Crippen LogP contribution < -0.4 is 4.90 Å². The fourth-order valence-electron chi connectivity index (χ4n) is 4.09. The molecule has 1 fully saturated rings. The monoisotopic (exact) mass is 453 g/mol. The van der Waals surface area contributed by atoms with Crippen molar-refractivity contribution in [3.8, 4) is 11.5 Å². The molecule has 166 valence electrons. The van der Waals surface area contributed by atoms with Crippen molar-refractivity contribution in [3.05, 3.63) is 89.7 Å². The lowest BCUT2D eigenvalue weighted by molar-refractivity contribution is 0.163. The van der Waals surface area contributed by atoms with Gasteiger partial charge in [-0.1, -0.05) is 42.1 Å². The van der Waals surface area contributed by atoms with E-state index >= 15 is 0 Å². The van der Waals surface area contributed by atoms with Gasteiger partial charge in [-0.05, 0) is 61.2 Å². The molecule has 5 nitrogen and oxygen atoms in total. The van der Waals surface area contributed by atoms with Crippen molar-refractivity contribution in [3.63, 3.8) is 0 Å². The smallest absolute Gasteiger partial charge is 0.287 e. The van der Waals surface area contributed by atoms with Crippen LogP contribution in [0.4, 0.5) is 14.9 Å². The summed E-state index contributed by atoms with van der Waals surface area (Å²) >= 11 is 1.22. The third-order valence-electron chi connectivity index (χ3n) is 5.67. The molecule has 4 rings (SSSR count). The molecule has 1 amide bonds. The van der Waals surface area contributed by atoms with E-state index in [9.17, 15) is 24.5 Å². The average Bonchev–Trinajstić information content (AvgIpc) is 3.10. The lowest BCUT2D eigenvalue weighted by atomic mass is 9.95.